The maximum atomic E-state index is 11.6. The van der Waals surface area contributed by atoms with Gasteiger partial charge >= 0.3 is 0 Å². The minimum absolute atomic E-state index is 0.446. The molecule has 0 saturated heterocycles. The molecule has 4 aromatic rings. The van der Waals surface area contributed by atoms with Crippen LogP contribution in [0.5, 0.6) is 0 Å². The Kier molecular flexibility index (Phi) is 4.43. The standard InChI is InChI=1S/C16H6Cl2N2O2S3/c17-15(21)9-3-5-23-13(9)7-1-2-8(12-11(7)19-25-20-12)14-10(16(18)22)4-6-24-14/h1-6H. The molecule has 0 unspecified atom stereocenters. The molecule has 25 heavy (non-hydrogen) atoms. The number of hydrogen-bond donors (Lipinski definition) is 0. The Balaban J connectivity index is 1.96. The van der Waals surface area contributed by atoms with Gasteiger partial charge < -0.3 is 0 Å². The van der Waals surface area contributed by atoms with E-state index in [1.807, 2.05) is 22.9 Å². The highest BCUT2D eigenvalue weighted by Crippen LogP contribution is 2.41. The Morgan fingerprint density at radius 3 is 1.60 bits per heavy atom. The topological polar surface area (TPSA) is 59.9 Å². The molecule has 4 nitrogen and oxygen atoms in total. The lowest BCUT2D eigenvalue weighted by molar-refractivity contribution is 0.107. The van der Waals surface area contributed by atoms with E-state index >= 15 is 0 Å². The highest BCUT2D eigenvalue weighted by molar-refractivity contribution is 7.15. The van der Waals surface area contributed by atoms with Crippen LogP contribution in [0.2, 0.25) is 0 Å². The van der Waals surface area contributed by atoms with Gasteiger partial charge in [0.2, 0.25) is 0 Å². The second kappa shape index (κ2) is 6.59. The number of benzene rings is 1. The minimum atomic E-state index is -0.509. The Hall–Kier alpha value is -1.64. The molecule has 0 aliphatic heterocycles. The van der Waals surface area contributed by atoms with Crippen molar-refractivity contribution in [3.63, 3.8) is 0 Å². The molecule has 3 heterocycles. The molecule has 0 fully saturated rings. The number of fused-ring (bicyclic) bond motifs is 1. The smallest absolute Gasteiger partial charge is 0.253 e. The summed E-state index contributed by atoms with van der Waals surface area (Å²) in [7, 11) is 0. The molecule has 0 aliphatic carbocycles. The molecule has 3 aromatic heterocycles. The van der Waals surface area contributed by atoms with Gasteiger partial charge in [-0.2, -0.15) is 8.75 Å². The molecule has 0 amide bonds. The van der Waals surface area contributed by atoms with E-state index in [4.69, 9.17) is 23.2 Å². The molecular weight excluding hydrogens is 419 g/mol. The predicted molar refractivity (Wildman–Crippen MR) is 104 cm³/mol. The van der Waals surface area contributed by atoms with E-state index in [0.717, 1.165) is 32.6 Å². The summed E-state index contributed by atoms with van der Waals surface area (Å²) < 4.78 is 8.78. The molecule has 0 spiro atoms. The second-order valence-corrected chi connectivity index (χ2v) is 8.04. The minimum Gasteiger partial charge on any atom is -0.276 e. The molecular formula is C16H6Cl2N2O2S3. The quantitative estimate of drug-likeness (QED) is 0.382. The SMILES string of the molecule is O=C(Cl)c1ccsc1-c1ccc(-c2sccc2C(=O)Cl)c2nsnc12. The first-order valence-electron chi connectivity index (χ1n) is 6.88. The monoisotopic (exact) mass is 424 g/mol. The van der Waals surface area contributed by atoms with Crippen molar-refractivity contribution in [2.75, 3.05) is 0 Å². The van der Waals surface area contributed by atoms with E-state index in [-0.39, 0.29) is 0 Å². The lowest BCUT2D eigenvalue weighted by atomic mass is 10.0. The highest BCUT2D eigenvalue weighted by Gasteiger charge is 2.21. The van der Waals surface area contributed by atoms with Crippen molar-refractivity contribution in [3.05, 3.63) is 46.2 Å². The fraction of sp³-hybridized carbons (Fsp3) is 0. The predicted octanol–water partition coefficient (Wildman–Crippen LogP) is 5.91. The fourth-order valence-electron chi connectivity index (χ4n) is 2.58. The summed E-state index contributed by atoms with van der Waals surface area (Å²) in [6.45, 7) is 0. The van der Waals surface area contributed by atoms with Crippen molar-refractivity contribution in [1.29, 1.82) is 0 Å². The summed E-state index contributed by atoms with van der Waals surface area (Å²) in [6.07, 6.45) is 0. The molecule has 1 aromatic carbocycles. The van der Waals surface area contributed by atoms with Crippen LogP contribution in [0.3, 0.4) is 0 Å². The van der Waals surface area contributed by atoms with Crippen molar-refractivity contribution >= 4 is 79.1 Å². The second-order valence-electron chi connectivity index (χ2n) is 5.00. The number of thiophene rings is 2. The van der Waals surface area contributed by atoms with Crippen LogP contribution in [0.4, 0.5) is 0 Å². The van der Waals surface area contributed by atoms with Crippen LogP contribution in [0.15, 0.2) is 35.0 Å². The first-order valence-corrected chi connectivity index (χ1v) is 10.1. The molecule has 0 N–H and O–H groups in total. The summed E-state index contributed by atoms with van der Waals surface area (Å²) in [5.41, 5.74) is 3.82. The van der Waals surface area contributed by atoms with Crippen LogP contribution < -0.4 is 0 Å². The van der Waals surface area contributed by atoms with Crippen molar-refractivity contribution in [3.8, 4) is 20.9 Å². The average molecular weight is 425 g/mol. The van der Waals surface area contributed by atoms with Crippen LogP contribution in [-0.4, -0.2) is 19.2 Å². The van der Waals surface area contributed by atoms with Crippen molar-refractivity contribution in [2.24, 2.45) is 0 Å². The van der Waals surface area contributed by atoms with Gasteiger partial charge in [-0.1, -0.05) is 12.1 Å². The van der Waals surface area contributed by atoms with Crippen molar-refractivity contribution in [1.82, 2.24) is 8.75 Å². The molecule has 4 rings (SSSR count). The van der Waals surface area contributed by atoms with Gasteiger partial charge in [-0.25, -0.2) is 0 Å². The molecule has 0 saturated carbocycles. The number of nitrogens with zero attached hydrogens (tertiary/aromatic N) is 2. The number of carbonyl (C=O) groups is 2. The number of halogens is 2. The zero-order chi connectivity index (χ0) is 17.6. The van der Waals surface area contributed by atoms with Gasteiger partial charge in [-0.05, 0) is 46.1 Å². The third-order valence-electron chi connectivity index (χ3n) is 3.66. The van der Waals surface area contributed by atoms with Crippen molar-refractivity contribution in [2.45, 2.75) is 0 Å². The van der Waals surface area contributed by atoms with Crippen molar-refractivity contribution < 1.29 is 9.59 Å². The van der Waals surface area contributed by atoms with Gasteiger partial charge in [0.25, 0.3) is 10.5 Å². The normalized spacial score (nSPS) is 11.1. The third-order valence-corrected chi connectivity index (χ3v) is 6.49. The Bertz CT molecular complexity index is 1040. The van der Waals surface area contributed by atoms with Gasteiger partial charge in [0.15, 0.2) is 0 Å². The van der Waals surface area contributed by atoms with E-state index in [2.05, 4.69) is 8.75 Å². The Morgan fingerprint density at radius 2 is 1.20 bits per heavy atom. The molecule has 9 heteroatoms. The van der Waals surface area contributed by atoms with E-state index < -0.39 is 10.5 Å². The molecule has 0 bridgehead atoms. The lowest BCUT2D eigenvalue weighted by Crippen LogP contribution is -1.92. The first kappa shape index (κ1) is 16.8. The van der Waals surface area contributed by atoms with E-state index in [9.17, 15) is 9.59 Å². The molecule has 0 atom stereocenters. The summed E-state index contributed by atoms with van der Waals surface area (Å²) in [5, 5.41) is 2.61. The van der Waals surface area contributed by atoms with E-state index in [0.29, 0.717) is 22.2 Å². The average Bonchev–Trinajstić information content (AvgIpc) is 3.32. The van der Waals surface area contributed by atoms with Gasteiger partial charge in [0.05, 0.1) is 22.9 Å². The molecule has 124 valence electrons. The van der Waals surface area contributed by atoms with Gasteiger partial charge in [-0.3, -0.25) is 9.59 Å². The molecule has 0 radical (unpaired) electrons. The first-order chi connectivity index (χ1) is 12.1. The van der Waals surface area contributed by atoms with Crippen LogP contribution >= 0.6 is 57.6 Å². The van der Waals surface area contributed by atoms with Gasteiger partial charge in [-0.15, -0.1) is 22.7 Å². The highest BCUT2D eigenvalue weighted by atomic mass is 35.5. The van der Waals surface area contributed by atoms with Crippen LogP contribution in [0.1, 0.15) is 20.7 Å². The maximum absolute atomic E-state index is 11.6. The van der Waals surface area contributed by atoms with Gasteiger partial charge in [0.1, 0.15) is 11.0 Å². The molecule has 0 aliphatic rings. The Labute approximate surface area is 164 Å². The summed E-state index contributed by atoms with van der Waals surface area (Å²) in [5.74, 6) is 0. The maximum Gasteiger partial charge on any atom is 0.253 e. The zero-order valence-corrected chi connectivity index (χ0v) is 16.1. The van der Waals surface area contributed by atoms with Crippen LogP contribution in [-0.2, 0) is 0 Å². The Morgan fingerprint density at radius 1 is 0.760 bits per heavy atom. The fourth-order valence-corrected chi connectivity index (χ4v) is 5.42. The lowest BCUT2D eigenvalue weighted by Gasteiger charge is -2.06. The third kappa shape index (κ3) is 2.82. The number of hydrogen-bond acceptors (Lipinski definition) is 7. The van der Waals surface area contributed by atoms with Crippen LogP contribution in [0, 0.1) is 0 Å². The van der Waals surface area contributed by atoms with Crippen LogP contribution in [0.25, 0.3) is 31.9 Å². The number of rotatable bonds is 4. The summed E-state index contributed by atoms with van der Waals surface area (Å²) in [4.78, 5) is 24.8. The summed E-state index contributed by atoms with van der Waals surface area (Å²) >= 11 is 15.3. The zero-order valence-electron chi connectivity index (χ0n) is 12.2. The largest absolute Gasteiger partial charge is 0.276 e. The summed E-state index contributed by atoms with van der Waals surface area (Å²) in [6, 6.07) is 7.13. The number of aromatic nitrogens is 2. The van der Waals surface area contributed by atoms with E-state index in [1.165, 1.54) is 22.7 Å². The van der Waals surface area contributed by atoms with Gasteiger partial charge in [0, 0.05) is 20.9 Å². The van der Waals surface area contributed by atoms with E-state index in [1.54, 1.807) is 12.1 Å². The number of carbonyl (C=O) groups excluding carboxylic acids is 2.